The summed E-state index contributed by atoms with van der Waals surface area (Å²) in [4.78, 5) is 12.0. The highest BCUT2D eigenvalue weighted by Crippen LogP contribution is 2.35. The topological polar surface area (TPSA) is 35.0 Å². The maximum absolute atomic E-state index is 5.29. The van der Waals surface area contributed by atoms with Crippen molar-refractivity contribution in [3.8, 4) is 26.9 Å². The molecular weight excluding hydrogens is 312 g/mol. The average molecular weight is 324 g/mol. The summed E-state index contributed by atoms with van der Waals surface area (Å²) in [6.07, 6.45) is 0. The van der Waals surface area contributed by atoms with Crippen LogP contribution in [-0.4, -0.2) is 17.1 Å². The molecule has 0 aliphatic heterocycles. The number of ether oxygens (including phenoxy) is 1. The zero-order valence-electron chi connectivity index (χ0n) is 11.8. The van der Waals surface area contributed by atoms with Crippen LogP contribution in [0.4, 0.5) is 0 Å². The summed E-state index contributed by atoms with van der Waals surface area (Å²) in [6.45, 7) is 0. The summed E-state index contributed by atoms with van der Waals surface area (Å²) in [5.74, 6) is 0.794. The number of methoxy groups -OCH3 is 1. The zero-order valence-corrected chi connectivity index (χ0v) is 13.4. The van der Waals surface area contributed by atoms with Crippen LogP contribution in [0.15, 0.2) is 53.2 Å². The van der Waals surface area contributed by atoms with Crippen LogP contribution in [0.25, 0.3) is 32.2 Å². The Morgan fingerprint density at radius 2 is 1.45 bits per heavy atom. The van der Waals surface area contributed by atoms with E-state index in [1.165, 1.54) is 0 Å². The van der Waals surface area contributed by atoms with Gasteiger partial charge < -0.3 is 4.74 Å². The third-order valence-corrected chi connectivity index (χ3v) is 5.13. The minimum absolute atomic E-state index is 0.794. The van der Waals surface area contributed by atoms with Gasteiger partial charge in [0.1, 0.15) is 17.1 Å². The van der Waals surface area contributed by atoms with Gasteiger partial charge in [0.2, 0.25) is 0 Å². The molecule has 0 amide bonds. The van der Waals surface area contributed by atoms with Gasteiger partial charge in [0, 0.05) is 6.07 Å². The second kappa shape index (κ2) is 5.51. The number of hydrogen-bond donors (Lipinski definition) is 0. The highest BCUT2D eigenvalue weighted by Gasteiger charge is 2.15. The fraction of sp³-hybridized carbons (Fsp3) is 0.0588. The van der Waals surface area contributed by atoms with E-state index in [-0.39, 0.29) is 0 Å². The first kappa shape index (κ1) is 13.4. The molecule has 0 unspecified atom stereocenters. The molecule has 3 nitrogen and oxygen atoms in total. The van der Waals surface area contributed by atoms with Crippen LogP contribution in [0.2, 0.25) is 0 Å². The van der Waals surface area contributed by atoms with Crippen molar-refractivity contribution >= 4 is 33.7 Å². The molecule has 0 fully saturated rings. The van der Waals surface area contributed by atoms with Crippen molar-refractivity contribution in [1.82, 2.24) is 9.97 Å². The van der Waals surface area contributed by atoms with Crippen LogP contribution >= 0.6 is 22.7 Å². The Balaban J connectivity index is 2.02. The molecular formula is C17H12N2OS2. The molecule has 0 atom stereocenters. The predicted octanol–water partition coefficient (Wildman–Crippen LogP) is 5.10. The summed E-state index contributed by atoms with van der Waals surface area (Å²) >= 11 is 3.36. The third-order valence-electron chi connectivity index (χ3n) is 3.38. The maximum Gasteiger partial charge on any atom is 0.121 e. The van der Waals surface area contributed by atoms with E-state index in [1.54, 1.807) is 29.8 Å². The highest BCUT2D eigenvalue weighted by atomic mass is 32.1. The molecule has 5 heteroatoms. The van der Waals surface area contributed by atoms with E-state index in [0.29, 0.717) is 0 Å². The molecule has 0 N–H and O–H groups in total. The number of thiophene rings is 2. The first-order valence-corrected chi connectivity index (χ1v) is 8.54. The highest BCUT2D eigenvalue weighted by molar-refractivity contribution is 7.14. The van der Waals surface area contributed by atoms with Gasteiger partial charge in [0.05, 0.1) is 27.9 Å². The van der Waals surface area contributed by atoms with Crippen molar-refractivity contribution in [3.05, 3.63) is 53.2 Å². The van der Waals surface area contributed by atoms with Crippen LogP contribution in [-0.2, 0) is 0 Å². The smallest absolute Gasteiger partial charge is 0.121 e. The summed E-state index contributed by atoms with van der Waals surface area (Å²) < 4.78 is 5.29. The van der Waals surface area contributed by atoms with E-state index in [9.17, 15) is 0 Å². The van der Waals surface area contributed by atoms with Gasteiger partial charge in [-0.25, -0.2) is 9.97 Å². The van der Waals surface area contributed by atoms with Gasteiger partial charge in [0.25, 0.3) is 0 Å². The lowest BCUT2D eigenvalue weighted by Crippen LogP contribution is -1.94. The molecule has 0 aliphatic rings. The molecule has 0 saturated heterocycles. The molecule has 0 spiro atoms. The zero-order chi connectivity index (χ0) is 14.9. The van der Waals surface area contributed by atoms with Gasteiger partial charge in [-0.3, -0.25) is 0 Å². The Hall–Kier alpha value is -2.24. The molecule has 3 heterocycles. The SMILES string of the molecule is COc1ccc2nc(-c3cccs3)c(-c3cccs3)nc2c1. The molecule has 4 rings (SSSR count). The number of fused-ring (bicyclic) bond motifs is 1. The molecule has 4 aromatic rings. The third kappa shape index (κ3) is 2.28. The van der Waals surface area contributed by atoms with Gasteiger partial charge in [-0.1, -0.05) is 12.1 Å². The average Bonchev–Trinajstić information content (AvgIpc) is 3.26. The van der Waals surface area contributed by atoms with E-state index in [1.807, 2.05) is 30.3 Å². The molecule has 0 saturated carbocycles. The van der Waals surface area contributed by atoms with Crippen LogP contribution in [0.3, 0.4) is 0 Å². The Labute approximate surface area is 135 Å². The molecule has 0 aliphatic carbocycles. The summed E-state index contributed by atoms with van der Waals surface area (Å²) in [7, 11) is 1.66. The summed E-state index contributed by atoms with van der Waals surface area (Å²) in [5, 5.41) is 4.12. The van der Waals surface area contributed by atoms with E-state index < -0.39 is 0 Å². The maximum atomic E-state index is 5.29. The van der Waals surface area contributed by atoms with Crippen LogP contribution in [0.5, 0.6) is 5.75 Å². The summed E-state index contributed by atoms with van der Waals surface area (Å²) in [5.41, 5.74) is 3.60. The van der Waals surface area contributed by atoms with Gasteiger partial charge >= 0.3 is 0 Å². The van der Waals surface area contributed by atoms with Gasteiger partial charge in [0.15, 0.2) is 0 Å². The monoisotopic (exact) mass is 324 g/mol. The van der Waals surface area contributed by atoms with Crippen LogP contribution in [0, 0.1) is 0 Å². The number of aromatic nitrogens is 2. The van der Waals surface area contributed by atoms with Gasteiger partial charge in [-0.15, -0.1) is 22.7 Å². The van der Waals surface area contributed by atoms with E-state index in [2.05, 4.69) is 22.9 Å². The number of benzene rings is 1. The first-order chi connectivity index (χ1) is 10.8. The molecule has 108 valence electrons. The minimum Gasteiger partial charge on any atom is -0.497 e. The Morgan fingerprint density at radius 3 is 2.00 bits per heavy atom. The van der Waals surface area contributed by atoms with Crippen molar-refractivity contribution in [2.24, 2.45) is 0 Å². The molecule has 22 heavy (non-hydrogen) atoms. The van der Waals surface area contributed by atoms with Crippen molar-refractivity contribution in [3.63, 3.8) is 0 Å². The lowest BCUT2D eigenvalue weighted by molar-refractivity contribution is 0.415. The number of nitrogens with zero attached hydrogens (tertiary/aromatic N) is 2. The summed E-state index contributed by atoms with van der Waals surface area (Å²) in [6, 6.07) is 14.0. The number of hydrogen-bond acceptors (Lipinski definition) is 5. The molecule has 0 radical (unpaired) electrons. The molecule has 1 aromatic carbocycles. The molecule has 3 aromatic heterocycles. The van der Waals surface area contributed by atoms with E-state index in [4.69, 9.17) is 14.7 Å². The normalized spacial score (nSPS) is 11.0. The Morgan fingerprint density at radius 1 is 0.818 bits per heavy atom. The van der Waals surface area contributed by atoms with Crippen LogP contribution < -0.4 is 4.74 Å². The van der Waals surface area contributed by atoms with Crippen molar-refractivity contribution in [1.29, 1.82) is 0 Å². The Bertz CT molecular complexity index is 915. The quantitative estimate of drug-likeness (QED) is 0.526. The lowest BCUT2D eigenvalue weighted by Gasteiger charge is -2.08. The molecule has 0 bridgehead atoms. The standard InChI is InChI=1S/C17H12N2OS2/c1-20-11-6-7-12-13(10-11)19-17(15-5-3-9-22-15)16(18-12)14-4-2-8-21-14/h2-10H,1H3. The Kier molecular flexibility index (Phi) is 3.36. The largest absolute Gasteiger partial charge is 0.497 e. The van der Waals surface area contributed by atoms with Gasteiger partial charge in [-0.2, -0.15) is 0 Å². The fourth-order valence-corrected chi connectivity index (χ4v) is 3.76. The van der Waals surface area contributed by atoms with Crippen molar-refractivity contribution in [2.45, 2.75) is 0 Å². The fourth-order valence-electron chi connectivity index (χ4n) is 2.33. The van der Waals surface area contributed by atoms with Crippen molar-refractivity contribution < 1.29 is 4.74 Å². The van der Waals surface area contributed by atoms with Crippen molar-refractivity contribution in [2.75, 3.05) is 7.11 Å². The van der Waals surface area contributed by atoms with Crippen LogP contribution in [0.1, 0.15) is 0 Å². The second-order valence-electron chi connectivity index (χ2n) is 4.73. The first-order valence-electron chi connectivity index (χ1n) is 6.79. The van der Waals surface area contributed by atoms with Gasteiger partial charge in [-0.05, 0) is 35.0 Å². The second-order valence-corrected chi connectivity index (χ2v) is 6.63. The van der Waals surface area contributed by atoms with E-state index in [0.717, 1.165) is 37.9 Å². The number of rotatable bonds is 3. The minimum atomic E-state index is 0.794. The lowest BCUT2D eigenvalue weighted by atomic mass is 10.2. The van der Waals surface area contributed by atoms with E-state index >= 15 is 0 Å². The predicted molar refractivity (Wildman–Crippen MR) is 92.7 cm³/mol.